The molecule has 0 saturated carbocycles. The van der Waals surface area contributed by atoms with Crippen LogP contribution in [-0.2, 0) is 4.79 Å². The van der Waals surface area contributed by atoms with Crippen LogP contribution in [0.1, 0.15) is 35.7 Å². The summed E-state index contributed by atoms with van der Waals surface area (Å²) >= 11 is 0. The van der Waals surface area contributed by atoms with Gasteiger partial charge in [0.25, 0.3) is 0 Å². The van der Waals surface area contributed by atoms with Crippen LogP contribution in [0.15, 0.2) is 24.3 Å². The van der Waals surface area contributed by atoms with Crippen molar-refractivity contribution in [2.24, 2.45) is 5.92 Å². The van der Waals surface area contributed by atoms with Crippen molar-refractivity contribution >= 4 is 17.0 Å². The van der Waals surface area contributed by atoms with E-state index >= 15 is 0 Å². The molecular weight excluding hydrogens is 252 g/mol. The summed E-state index contributed by atoms with van der Waals surface area (Å²) in [6.45, 7) is 4.09. The average molecular weight is 270 g/mol. The number of allylic oxidation sites excluding steroid dienone is 2. The summed E-state index contributed by atoms with van der Waals surface area (Å²) in [5.41, 5.74) is 4.25. The standard InChI is InChI=1S/C16H18N2O2/c1-9-7-10(2)14-13(8-9)17-15(18-14)11-5-3-4-6-12(11)16(19)20/h3-4,7-8,11-12H,5-6H2,1-2H3,(H,17,18)(H,19,20). The Morgan fingerprint density at radius 3 is 2.80 bits per heavy atom. The molecule has 0 saturated heterocycles. The van der Waals surface area contributed by atoms with Gasteiger partial charge in [0, 0.05) is 5.92 Å². The number of aromatic nitrogens is 2. The maximum Gasteiger partial charge on any atom is 0.307 e. The number of aliphatic carboxylic acids is 1. The van der Waals surface area contributed by atoms with Gasteiger partial charge in [-0.25, -0.2) is 4.98 Å². The fourth-order valence-corrected chi connectivity index (χ4v) is 3.05. The van der Waals surface area contributed by atoms with Gasteiger partial charge in [-0.1, -0.05) is 18.2 Å². The third-order valence-electron chi connectivity index (χ3n) is 4.04. The van der Waals surface area contributed by atoms with Crippen molar-refractivity contribution in [2.45, 2.75) is 32.6 Å². The van der Waals surface area contributed by atoms with Gasteiger partial charge in [-0.2, -0.15) is 0 Å². The number of aryl methyl sites for hydroxylation is 2. The number of nitrogens with zero attached hydrogens (tertiary/aromatic N) is 1. The second-order valence-electron chi connectivity index (χ2n) is 5.59. The van der Waals surface area contributed by atoms with Crippen LogP contribution in [0.4, 0.5) is 0 Å². The molecular formula is C16H18N2O2. The quantitative estimate of drug-likeness (QED) is 0.823. The van der Waals surface area contributed by atoms with Gasteiger partial charge in [-0.15, -0.1) is 0 Å². The van der Waals surface area contributed by atoms with Crippen LogP contribution in [0.5, 0.6) is 0 Å². The van der Waals surface area contributed by atoms with Crippen molar-refractivity contribution in [1.82, 2.24) is 9.97 Å². The van der Waals surface area contributed by atoms with Gasteiger partial charge >= 0.3 is 5.97 Å². The van der Waals surface area contributed by atoms with Crippen LogP contribution in [0.3, 0.4) is 0 Å². The summed E-state index contributed by atoms with van der Waals surface area (Å²) < 4.78 is 0. The molecule has 0 amide bonds. The van der Waals surface area contributed by atoms with Gasteiger partial charge in [-0.05, 0) is 43.9 Å². The zero-order valence-electron chi connectivity index (χ0n) is 11.7. The normalized spacial score (nSPS) is 22.3. The predicted molar refractivity (Wildman–Crippen MR) is 77.8 cm³/mol. The Balaban J connectivity index is 2.07. The van der Waals surface area contributed by atoms with E-state index < -0.39 is 5.97 Å². The molecule has 0 fully saturated rings. The van der Waals surface area contributed by atoms with Crippen molar-refractivity contribution in [3.63, 3.8) is 0 Å². The zero-order chi connectivity index (χ0) is 14.3. The lowest BCUT2D eigenvalue weighted by molar-refractivity contribution is -0.142. The van der Waals surface area contributed by atoms with Crippen LogP contribution in [0.25, 0.3) is 11.0 Å². The number of H-pyrrole nitrogens is 1. The molecule has 0 radical (unpaired) electrons. The number of aromatic amines is 1. The number of fused-ring (bicyclic) bond motifs is 1. The number of carboxylic acids is 1. The first-order valence-corrected chi connectivity index (χ1v) is 6.91. The number of hydrogen-bond donors (Lipinski definition) is 2. The van der Waals surface area contributed by atoms with E-state index in [0.717, 1.165) is 28.8 Å². The Hall–Kier alpha value is -2.10. The Labute approximate surface area is 117 Å². The largest absolute Gasteiger partial charge is 0.481 e. The van der Waals surface area contributed by atoms with Gasteiger partial charge in [0.2, 0.25) is 0 Å². The number of carbonyl (C=O) groups is 1. The summed E-state index contributed by atoms with van der Waals surface area (Å²) in [7, 11) is 0. The Kier molecular flexibility index (Phi) is 3.08. The van der Waals surface area contributed by atoms with Gasteiger partial charge < -0.3 is 10.1 Å². The Bertz CT molecular complexity index is 700. The Morgan fingerprint density at radius 2 is 2.05 bits per heavy atom. The highest BCUT2D eigenvalue weighted by molar-refractivity contribution is 5.80. The van der Waals surface area contributed by atoms with Crippen molar-refractivity contribution in [3.05, 3.63) is 41.2 Å². The van der Waals surface area contributed by atoms with E-state index in [2.05, 4.69) is 35.1 Å². The average Bonchev–Trinajstić information content (AvgIpc) is 2.82. The number of hydrogen-bond acceptors (Lipinski definition) is 2. The lowest BCUT2D eigenvalue weighted by atomic mass is 9.82. The van der Waals surface area contributed by atoms with E-state index in [9.17, 15) is 9.90 Å². The predicted octanol–water partition coefficient (Wildman–Crippen LogP) is 3.31. The van der Waals surface area contributed by atoms with Crippen LogP contribution >= 0.6 is 0 Å². The minimum absolute atomic E-state index is 0.0652. The van der Waals surface area contributed by atoms with Crippen molar-refractivity contribution in [2.75, 3.05) is 0 Å². The molecule has 0 aliphatic heterocycles. The van der Waals surface area contributed by atoms with Crippen LogP contribution in [0.2, 0.25) is 0 Å². The van der Waals surface area contributed by atoms with E-state index in [1.165, 1.54) is 5.56 Å². The number of benzene rings is 1. The highest BCUT2D eigenvalue weighted by Gasteiger charge is 2.32. The maximum absolute atomic E-state index is 11.4. The fourth-order valence-electron chi connectivity index (χ4n) is 3.05. The highest BCUT2D eigenvalue weighted by atomic mass is 16.4. The van der Waals surface area contributed by atoms with Crippen molar-refractivity contribution in [3.8, 4) is 0 Å². The molecule has 2 N–H and O–H groups in total. The van der Waals surface area contributed by atoms with Gasteiger partial charge in [0.1, 0.15) is 5.82 Å². The molecule has 4 nitrogen and oxygen atoms in total. The second kappa shape index (κ2) is 4.78. The lowest BCUT2D eigenvalue weighted by Crippen LogP contribution is -2.24. The Morgan fingerprint density at radius 1 is 1.30 bits per heavy atom. The molecule has 2 atom stereocenters. The maximum atomic E-state index is 11.4. The summed E-state index contributed by atoms with van der Waals surface area (Å²) in [5.74, 6) is -0.398. The molecule has 3 rings (SSSR count). The lowest BCUT2D eigenvalue weighted by Gasteiger charge is -2.23. The highest BCUT2D eigenvalue weighted by Crippen LogP contribution is 2.34. The van der Waals surface area contributed by atoms with E-state index in [4.69, 9.17) is 0 Å². The molecule has 2 aromatic rings. The molecule has 1 aliphatic carbocycles. The van der Waals surface area contributed by atoms with E-state index in [1.54, 1.807) is 0 Å². The molecule has 0 bridgehead atoms. The van der Waals surface area contributed by atoms with Crippen LogP contribution < -0.4 is 0 Å². The second-order valence-corrected chi connectivity index (χ2v) is 5.59. The summed E-state index contributed by atoms with van der Waals surface area (Å²) in [6, 6.07) is 4.16. The van der Waals surface area contributed by atoms with E-state index in [0.29, 0.717) is 6.42 Å². The van der Waals surface area contributed by atoms with Crippen molar-refractivity contribution < 1.29 is 9.90 Å². The fraction of sp³-hybridized carbons (Fsp3) is 0.375. The summed E-state index contributed by atoms with van der Waals surface area (Å²) in [5, 5.41) is 9.37. The monoisotopic (exact) mass is 270 g/mol. The minimum atomic E-state index is -0.743. The molecule has 20 heavy (non-hydrogen) atoms. The van der Waals surface area contributed by atoms with E-state index in [1.807, 2.05) is 13.0 Å². The van der Waals surface area contributed by atoms with Gasteiger partial charge in [-0.3, -0.25) is 4.79 Å². The molecule has 1 heterocycles. The third kappa shape index (κ3) is 2.11. The molecule has 1 aliphatic rings. The van der Waals surface area contributed by atoms with Crippen LogP contribution in [-0.4, -0.2) is 21.0 Å². The van der Waals surface area contributed by atoms with Gasteiger partial charge in [0.15, 0.2) is 0 Å². The van der Waals surface area contributed by atoms with Crippen molar-refractivity contribution in [1.29, 1.82) is 0 Å². The smallest absolute Gasteiger partial charge is 0.307 e. The number of rotatable bonds is 2. The summed E-state index contributed by atoms with van der Waals surface area (Å²) in [6.07, 6.45) is 5.31. The first-order chi connectivity index (χ1) is 9.56. The molecule has 4 heteroatoms. The third-order valence-corrected chi connectivity index (χ3v) is 4.04. The topological polar surface area (TPSA) is 66.0 Å². The molecule has 1 aromatic heterocycles. The van der Waals surface area contributed by atoms with E-state index in [-0.39, 0.29) is 11.8 Å². The molecule has 1 aromatic carbocycles. The molecule has 0 spiro atoms. The van der Waals surface area contributed by atoms with Crippen LogP contribution in [0, 0.1) is 19.8 Å². The number of imidazole rings is 1. The molecule has 2 unspecified atom stereocenters. The minimum Gasteiger partial charge on any atom is -0.481 e. The number of nitrogens with one attached hydrogen (secondary N) is 1. The molecule has 104 valence electrons. The number of carboxylic acid groups (broad SMARTS) is 1. The van der Waals surface area contributed by atoms with Gasteiger partial charge in [0.05, 0.1) is 17.0 Å². The SMILES string of the molecule is Cc1cc(C)c2nc(C3CC=CCC3C(=O)O)[nH]c2c1. The first-order valence-electron chi connectivity index (χ1n) is 6.91. The zero-order valence-corrected chi connectivity index (χ0v) is 11.7. The summed E-state index contributed by atoms with van der Waals surface area (Å²) in [4.78, 5) is 19.4. The first kappa shape index (κ1) is 12.9.